The molecule has 0 aromatic carbocycles. The van der Waals surface area contributed by atoms with Crippen molar-refractivity contribution >= 4 is 11.6 Å². The fourth-order valence-electron chi connectivity index (χ4n) is 1.73. The number of rotatable bonds is 2. The van der Waals surface area contributed by atoms with Crippen molar-refractivity contribution in [2.45, 2.75) is 12.2 Å². The van der Waals surface area contributed by atoms with Crippen LogP contribution in [0.4, 0.5) is 5.69 Å². The maximum atomic E-state index is 12.0. The molecule has 5 N–H and O–H groups in total. The lowest BCUT2D eigenvalue weighted by molar-refractivity contribution is 0.0572. The van der Waals surface area contributed by atoms with Crippen molar-refractivity contribution in [1.82, 2.24) is 9.88 Å². The van der Waals surface area contributed by atoms with Gasteiger partial charge in [-0.2, -0.15) is 0 Å². The van der Waals surface area contributed by atoms with E-state index in [1.165, 1.54) is 17.2 Å². The minimum absolute atomic E-state index is 0.113. The molecule has 1 aromatic heterocycles. The van der Waals surface area contributed by atoms with Gasteiger partial charge in [0.25, 0.3) is 5.91 Å². The zero-order valence-electron chi connectivity index (χ0n) is 9.08. The van der Waals surface area contributed by atoms with Crippen LogP contribution in [-0.2, 0) is 0 Å². The Labute approximate surface area is 97.8 Å². The summed E-state index contributed by atoms with van der Waals surface area (Å²) >= 11 is 0. The molecule has 1 aliphatic rings. The number of β-amino-alcohol motifs (C(OH)–C–C–N with tert-alkyl or cyclic N) is 2. The number of aliphatic hydroxyl groups excluding tert-OH is 2. The first-order valence-electron chi connectivity index (χ1n) is 5.20. The highest BCUT2D eigenvalue weighted by Crippen LogP contribution is 2.14. The predicted octanol–water partition coefficient (Wildman–Crippen LogP) is -1.46. The number of nitrogens with zero attached hydrogens (tertiary/aromatic N) is 2. The van der Waals surface area contributed by atoms with Gasteiger partial charge < -0.3 is 20.5 Å². The highest BCUT2D eigenvalue weighted by atomic mass is 16.3. The van der Waals surface area contributed by atoms with Crippen molar-refractivity contribution < 1.29 is 15.0 Å². The van der Waals surface area contributed by atoms with E-state index in [1.807, 2.05) is 0 Å². The van der Waals surface area contributed by atoms with Crippen LogP contribution in [0.25, 0.3) is 0 Å². The van der Waals surface area contributed by atoms with Gasteiger partial charge >= 0.3 is 0 Å². The molecular weight excluding hydrogens is 224 g/mol. The summed E-state index contributed by atoms with van der Waals surface area (Å²) in [5.74, 6) is 4.90. The van der Waals surface area contributed by atoms with Gasteiger partial charge in [-0.15, -0.1) is 0 Å². The van der Waals surface area contributed by atoms with Gasteiger partial charge in [-0.1, -0.05) is 0 Å². The average Bonchev–Trinajstić information content (AvgIpc) is 2.69. The molecule has 7 heteroatoms. The van der Waals surface area contributed by atoms with E-state index in [0.29, 0.717) is 5.69 Å². The van der Waals surface area contributed by atoms with E-state index in [0.717, 1.165) is 0 Å². The maximum Gasteiger partial charge on any atom is 0.272 e. The molecule has 1 saturated heterocycles. The van der Waals surface area contributed by atoms with Crippen molar-refractivity contribution in [3.63, 3.8) is 0 Å². The summed E-state index contributed by atoms with van der Waals surface area (Å²) in [6.07, 6.45) is -0.324. The monoisotopic (exact) mass is 238 g/mol. The number of aliphatic hydroxyl groups is 2. The number of anilines is 1. The largest absolute Gasteiger partial charge is 0.388 e. The number of nitrogen functional groups attached to an aromatic ring is 1. The standard InChI is InChI=1S/C10H14N4O3/c11-13-6-1-2-12-7(3-6)10(17)14-4-8(15)9(16)5-14/h1-3,8-9,15-16H,4-5,11H2,(H,12,13). The van der Waals surface area contributed by atoms with Crippen LogP contribution in [0.3, 0.4) is 0 Å². The van der Waals surface area contributed by atoms with Crippen molar-refractivity contribution in [3.05, 3.63) is 24.0 Å². The average molecular weight is 238 g/mol. The summed E-state index contributed by atoms with van der Waals surface area (Å²) in [7, 11) is 0. The first-order chi connectivity index (χ1) is 8.11. The fraction of sp³-hybridized carbons (Fsp3) is 0.400. The van der Waals surface area contributed by atoms with E-state index in [1.54, 1.807) is 6.07 Å². The maximum absolute atomic E-state index is 12.0. The Kier molecular flexibility index (Phi) is 3.23. The smallest absolute Gasteiger partial charge is 0.272 e. The van der Waals surface area contributed by atoms with Crippen LogP contribution in [-0.4, -0.2) is 51.3 Å². The van der Waals surface area contributed by atoms with Crippen LogP contribution in [0.5, 0.6) is 0 Å². The summed E-state index contributed by atoms with van der Waals surface area (Å²) < 4.78 is 0. The molecule has 0 saturated carbocycles. The number of carbonyl (C=O) groups is 1. The molecule has 1 fully saturated rings. The molecule has 0 aliphatic carbocycles. The third kappa shape index (κ3) is 2.36. The molecule has 0 bridgehead atoms. The van der Waals surface area contributed by atoms with Gasteiger partial charge in [0.15, 0.2) is 0 Å². The lowest BCUT2D eigenvalue weighted by atomic mass is 10.3. The number of carbonyl (C=O) groups excluding carboxylic acids is 1. The molecule has 0 radical (unpaired) electrons. The Bertz CT molecular complexity index is 416. The summed E-state index contributed by atoms with van der Waals surface area (Å²) in [5, 5.41) is 18.7. The van der Waals surface area contributed by atoms with Gasteiger partial charge in [-0.05, 0) is 12.1 Å². The molecule has 17 heavy (non-hydrogen) atoms. The molecule has 2 heterocycles. The Morgan fingerprint density at radius 2 is 2.12 bits per heavy atom. The molecule has 2 rings (SSSR count). The van der Waals surface area contributed by atoms with Crippen molar-refractivity contribution in [1.29, 1.82) is 0 Å². The quantitative estimate of drug-likeness (QED) is 0.370. The minimum atomic E-state index is -0.894. The minimum Gasteiger partial charge on any atom is -0.388 e. The van der Waals surface area contributed by atoms with Crippen LogP contribution in [0, 0.1) is 0 Å². The normalized spacial score (nSPS) is 23.8. The fourth-order valence-corrected chi connectivity index (χ4v) is 1.73. The van der Waals surface area contributed by atoms with Crippen LogP contribution in [0.1, 0.15) is 10.5 Å². The first kappa shape index (κ1) is 11.8. The molecule has 2 unspecified atom stereocenters. The number of pyridine rings is 1. The zero-order chi connectivity index (χ0) is 12.4. The summed E-state index contributed by atoms with van der Waals surface area (Å²) in [6.45, 7) is 0.226. The van der Waals surface area contributed by atoms with E-state index in [-0.39, 0.29) is 24.7 Å². The molecule has 92 valence electrons. The Morgan fingerprint density at radius 3 is 2.71 bits per heavy atom. The number of aromatic nitrogens is 1. The van der Waals surface area contributed by atoms with Crippen LogP contribution in [0.2, 0.25) is 0 Å². The van der Waals surface area contributed by atoms with Crippen LogP contribution in [0.15, 0.2) is 18.3 Å². The third-order valence-electron chi connectivity index (χ3n) is 2.69. The van der Waals surface area contributed by atoms with Gasteiger partial charge in [-0.25, -0.2) is 0 Å². The molecule has 0 spiro atoms. The van der Waals surface area contributed by atoms with Crippen molar-refractivity contribution in [2.75, 3.05) is 18.5 Å². The molecule has 7 nitrogen and oxygen atoms in total. The van der Waals surface area contributed by atoms with E-state index >= 15 is 0 Å². The number of nitrogens with two attached hydrogens (primary N) is 1. The van der Waals surface area contributed by atoms with E-state index < -0.39 is 12.2 Å². The van der Waals surface area contributed by atoms with Gasteiger partial charge in [-0.3, -0.25) is 15.6 Å². The predicted molar refractivity (Wildman–Crippen MR) is 60.0 cm³/mol. The highest BCUT2D eigenvalue weighted by molar-refractivity contribution is 5.93. The Hall–Kier alpha value is -1.70. The lowest BCUT2D eigenvalue weighted by Gasteiger charge is -2.14. The number of hydrazine groups is 1. The second kappa shape index (κ2) is 4.66. The van der Waals surface area contributed by atoms with Gasteiger partial charge in [0.2, 0.25) is 0 Å². The molecule has 1 amide bonds. The second-order valence-electron chi connectivity index (χ2n) is 3.92. The number of amides is 1. The van der Waals surface area contributed by atoms with Crippen molar-refractivity contribution in [2.24, 2.45) is 5.84 Å². The van der Waals surface area contributed by atoms with E-state index in [9.17, 15) is 15.0 Å². The first-order valence-corrected chi connectivity index (χ1v) is 5.20. The number of hydrogen-bond acceptors (Lipinski definition) is 6. The molecule has 2 atom stereocenters. The second-order valence-corrected chi connectivity index (χ2v) is 3.92. The molecule has 1 aromatic rings. The third-order valence-corrected chi connectivity index (χ3v) is 2.69. The molecule has 1 aliphatic heterocycles. The SMILES string of the molecule is NNc1ccnc(C(=O)N2CC(O)C(O)C2)c1. The number of hydrogen-bond donors (Lipinski definition) is 4. The highest BCUT2D eigenvalue weighted by Gasteiger charge is 2.33. The summed E-state index contributed by atoms with van der Waals surface area (Å²) in [6, 6.07) is 3.14. The topological polar surface area (TPSA) is 112 Å². The van der Waals surface area contributed by atoms with Crippen LogP contribution < -0.4 is 11.3 Å². The van der Waals surface area contributed by atoms with E-state index in [4.69, 9.17) is 5.84 Å². The van der Waals surface area contributed by atoms with Gasteiger partial charge in [0.05, 0.1) is 17.9 Å². The lowest BCUT2D eigenvalue weighted by Crippen LogP contribution is -2.30. The Morgan fingerprint density at radius 1 is 1.47 bits per heavy atom. The number of nitrogens with one attached hydrogen (secondary N) is 1. The van der Waals surface area contributed by atoms with E-state index in [2.05, 4.69) is 10.4 Å². The summed E-state index contributed by atoms with van der Waals surface area (Å²) in [4.78, 5) is 17.3. The van der Waals surface area contributed by atoms with Crippen LogP contribution >= 0.6 is 0 Å². The van der Waals surface area contributed by atoms with Gasteiger partial charge in [0, 0.05) is 19.3 Å². The van der Waals surface area contributed by atoms with Crippen molar-refractivity contribution in [3.8, 4) is 0 Å². The summed E-state index contributed by atoms with van der Waals surface area (Å²) in [5.41, 5.74) is 3.22. The van der Waals surface area contributed by atoms with Gasteiger partial charge in [0.1, 0.15) is 5.69 Å². The molecular formula is C10H14N4O3. The zero-order valence-corrected chi connectivity index (χ0v) is 9.08. The number of likely N-dealkylation sites (tertiary alicyclic amines) is 1. The Balaban J connectivity index is 2.14.